The highest BCUT2D eigenvalue weighted by atomic mass is 19.1. The minimum absolute atomic E-state index is 0.0456. The Morgan fingerprint density at radius 2 is 1.70 bits per heavy atom. The van der Waals surface area contributed by atoms with Crippen LogP contribution in [0, 0.1) is 11.7 Å². The summed E-state index contributed by atoms with van der Waals surface area (Å²) in [6.07, 6.45) is 5.68. The Bertz CT molecular complexity index is 1030. The van der Waals surface area contributed by atoms with Gasteiger partial charge in [0, 0.05) is 23.8 Å². The van der Waals surface area contributed by atoms with Crippen molar-refractivity contribution in [2.75, 3.05) is 6.54 Å². The van der Waals surface area contributed by atoms with Crippen LogP contribution in [0.3, 0.4) is 0 Å². The molecule has 0 radical (unpaired) electrons. The van der Waals surface area contributed by atoms with E-state index in [9.17, 15) is 23.6 Å². The second kappa shape index (κ2) is 11.5. The number of carbonyl (C=O) groups excluding carboxylic acids is 4. The number of nitrogens with one attached hydrogen (secondary N) is 2. The molecule has 2 aromatic rings. The zero-order valence-corrected chi connectivity index (χ0v) is 18.6. The van der Waals surface area contributed by atoms with Crippen molar-refractivity contribution in [3.8, 4) is 0 Å². The molecule has 0 aromatic heterocycles. The summed E-state index contributed by atoms with van der Waals surface area (Å²) in [6, 6.07) is 8.26. The van der Waals surface area contributed by atoms with Gasteiger partial charge in [-0.1, -0.05) is 49.9 Å². The van der Waals surface area contributed by atoms with Gasteiger partial charge < -0.3 is 16.4 Å². The maximum atomic E-state index is 14.0. The van der Waals surface area contributed by atoms with E-state index in [-0.39, 0.29) is 31.1 Å². The van der Waals surface area contributed by atoms with Gasteiger partial charge in [-0.25, -0.2) is 4.39 Å². The number of hydrogen-bond donors (Lipinski definition) is 3. The van der Waals surface area contributed by atoms with E-state index in [1.165, 1.54) is 25.0 Å². The fraction of sp³-hybridized carbons (Fsp3) is 0.440. The highest BCUT2D eigenvalue weighted by Crippen LogP contribution is 2.28. The van der Waals surface area contributed by atoms with E-state index in [1.54, 1.807) is 24.3 Å². The molecule has 176 valence electrons. The van der Waals surface area contributed by atoms with Crippen LogP contribution in [0.25, 0.3) is 10.8 Å². The first-order valence-corrected chi connectivity index (χ1v) is 11.4. The van der Waals surface area contributed by atoms with Crippen molar-refractivity contribution in [1.82, 2.24) is 10.6 Å². The Morgan fingerprint density at radius 3 is 2.39 bits per heavy atom. The van der Waals surface area contributed by atoms with Crippen molar-refractivity contribution in [1.29, 1.82) is 0 Å². The summed E-state index contributed by atoms with van der Waals surface area (Å²) in [5.41, 5.74) is 5.50. The van der Waals surface area contributed by atoms with Gasteiger partial charge >= 0.3 is 0 Å². The molecule has 7 nitrogen and oxygen atoms in total. The summed E-state index contributed by atoms with van der Waals surface area (Å²) >= 11 is 0. The van der Waals surface area contributed by atoms with Crippen molar-refractivity contribution in [2.45, 2.75) is 57.4 Å². The van der Waals surface area contributed by atoms with Crippen molar-refractivity contribution in [3.63, 3.8) is 0 Å². The number of fused-ring (bicyclic) bond motifs is 1. The van der Waals surface area contributed by atoms with Crippen LogP contribution in [0.2, 0.25) is 0 Å². The number of hydrogen-bond acceptors (Lipinski definition) is 4. The monoisotopic (exact) mass is 455 g/mol. The van der Waals surface area contributed by atoms with Crippen molar-refractivity contribution in [3.05, 3.63) is 47.8 Å². The minimum atomic E-state index is -0.966. The summed E-state index contributed by atoms with van der Waals surface area (Å²) in [4.78, 5) is 49.0. The first kappa shape index (κ1) is 24.4. The summed E-state index contributed by atoms with van der Waals surface area (Å²) in [6.45, 7) is -0.320. The molecular formula is C25H30FN3O4. The third-order valence-electron chi connectivity index (χ3n) is 6.18. The number of ketones is 1. The Morgan fingerprint density at radius 1 is 1.00 bits per heavy atom. The number of benzene rings is 2. The van der Waals surface area contributed by atoms with E-state index in [0.29, 0.717) is 28.7 Å². The van der Waals surface area contributed by atoms with E-state index in [4.69, 9.17) is 5.73 Å². The molecule has 1 aliphatic carbocycles. The van der Waals surface area contributed by atoms with Gasteiger partial charge in [-0.3, -0.25) is 19.2 Å². The number of Topliss-reactive ketones (excluding diaryl/α,β-unsaturated/α-hetero) is 1. The van der Waals surface area contributed by atoms with E-state index >= 15 is 0 Å². The standard InChI is InChI=1S/C25H30FN3O4/c26-20-11-10-19(17-7-3-4-8-18(17)20)22(30)15-28-25(33)21(12-13-23(27)31)29-24(32)14-9-16-5-1-2-6-16/h3-4,7-8,10-11,16,21H,1-2,5-6,9,12-15H2,(H2,27,31)(H,28,33)(H,29,32). The molecule has 0 aliphatic heterocycles. The van der Waals surface area contributed by atoms with E-state index in [1.807, 2.05) is 0 Å². The van der Waals surface area contributed by atoms with Crippen LogP contribution in [0.4, 0.5) is 4.39 Å². The molecule has 3 amide bonds. The molecule has 8 heteroatoms. The van der Waals surface area contributed by atoms with Gasteiger partial charge in [0.1, 0.15) is 11.9 Å². The lowest BCUT2D eigenvalue weighted by molar-refractivity contribution is -0.129. The van der Waals surface area contributed by atoms with Gasteiger partial charge in [0.05, 0.1) is 6.54 Å². The van der Waals surface area contributed by atoms with E-state index in [0.717, 1.165) is 19.3 Å². The number of carbonyl (C=O) groups is 4. The normalized spacial score (nSPS) is 14.7. The number of amides is 3. The minimum Gasteiger partial charge on any atom is -0.370 e. The van der Waals surface area contributed by atoms with Crippen LogP contribution in [-0.2, 0) is 14.4 Å². The summed E-state index contributed by atoms with van der Waals surface area (Å²) in [5.74, 6) is -1.69. The largest absolute Gasteiger partial charge is 0.370 e. The lowest BCUT2D eigenvalue weighted by atomic mass is 10.0. The molecule has 33 heavy (non-hydrogen) atoms. The Labute approximate surface area is 192 Å². The van der Waals surface area contributed by atoms with Gasteiger partial charge in [-0.2, -0.15) is 0 Å². The fourth-order valence-electron chi connectivity index (χ4n) is 4.35. The predicted octanol–water partition coefficient (Wildman–Crippen LogP) is 3.00. The molecule has 0 spiro atoms. The van der Waals surface area contributed by atoms with Crippen molar-refractivity contribution in [2.24, 2.45) is 11.7 Å². The molecule has 0 saturated heterocycles. The molecule has 1 atom stereocenters. The molecule has 4 N–H and O–H groups in total. The zero-order chi connectivity index (χ0) is 23.8. The molecule has 3 rings (SSSR count). The van der Waals surface area contributed by atoms with Gasteiger partial charge in [0.2, 0.25) is 17.7 Å². The van der Waals surface area contributed by atoms with Crippen LogP contribution < -0.4 is 16.4 Å². The smallest absolute Gasteiger partial charge is 0.242 e. The Hall–Kier alpha value is -3.29. The zero-order valence-electron chi connectivity index (χ0n) is 18.6. The Balaban J connectivity index is 1.60. The van der Waals surface area contributed by atoms with E-state index in [2.05, 4.69) is 10.6 Å². The number of nitrogens with two attached hydrogens (primary N) is 1. The molecule has 1 unspecified atom stereocenters. The van der Waals surface area contributed by atoms with Gasteiger partial charge in [-0.15, -0.1) is 0 Å². The summed E-state index contributed by atoms with van der Waals surface area (Å²) in [5, 5.41) is 6.00. The maximum absolute atomic E-state index is 14.0. The molecule has 0 bridgehead atoms. The molecule has 2 aromatic carbocycles. The van der Waals surface area contributed by atoms with Crippen LogP contribution >= 0.6 is 0 Å². The lowest BCUT2D eigenvalue weighted by Crippen LogP contribution is -2.48. The number of primary amides is 1. The second-order valence-electron chi connectivity index (χ2n) is 8.60. The number of halogens is 1. The summed E-state index contributed by atoms with van der Waals surface area (Å²) in [7, 11) is 0. The van der Waals surface area contributed by atoms with Crippen LogP contribution in [-0.4, -0.2) is 36.1 Å². The van der Waals surface area contributed by atoms with Crippen molar-refractivity contribution < 1.29 is 23.6 Å². The highest BCUT2D eigenvalue weighted by Gasteiger charge is 2.23. The van der Waals surface area contributed by atoms with Crippen LogP contribution in [0.1, 0.15) is 61.7 Å². The SMILES string of the molecule is NC(=O)CCC(NC(=O)CCC1CCCC1)C(=O)NCC(=O)c1ccc(F)c2ccccc12. The molecule has 1 aliphatic rings. The fourth-order valence-corrected chi connectivity index (χ4v) is 4.35. The van der Waals surface area contributed by atoms with Gasteiger partial charge in [0.15, 0.2) is 5.78 Å². The third-order valence-corrected chi connectivity index (χ3v) is 6.18. The quantitative estimate of drug-likeness (QED) is 0.451. The average molecular weight is 456 g/mol. The van der Waals surface area contributed by atoms with Crippen molar-refractivity contribution >= 4 is 34.3 Å². The second-order valence-corrected chi connectivity index (χ2v) is 8.60. The Kier molecular flexibility index (Phi) is 8.52. The van der Waals surface area contributed by atoms with Crippen LogP contribution in [0.5, 0.6) is 0 Å². The molecule has 0 heterocycles. The van der Waals surface area contributed by atoms with Gasteiger partial charge in [0.25, 0.3) is 0 Å². The molecule has 1 saturated carbocycles. The first-order valence-electron chi connectivity index (χ1n) is 11.4. The highest BCUT2D eigenvalue weighted by molar-refractivity contribution is 6.10. The number of rotatable bonds is 11. The summed E-state index contributed by atoms with van der Waals surface area (Å²) < 4.78 is 14.0. The third kappa shape index (κ3) is 6.84. The topological polar surface area (TPSA) is 118 Å². The molecular weight excluding hydrogens is 425 g/mol. The average Bonchev–Trinajstić information content (AvgIpc) is 3.32. The lowest BCUT2D eigenvalue weighted by Gasteiger charge is -2.18. The molecule has 1 fully saturated rings. The predicted molar refractivity (Wildman–Crippen MR) is 123 cm³/mol. The van der Waals surface area contributed by atoms with Gasteiger partial charge in [-0.05, 0) is 36.3 Å². The van der Waals surface area contributed by atoms with E-state index < -0.39 is 23.7 Å². The van der Waals surface area contributed by atoms with Crippen LogP contribution in [0.15, 0.2) is 36.4 Å². The maximum Gasteiger partial charge on any atom is 0.242 e. The first-order chi connectivity index (χ1) is 15.8.